The van der Waals surface area contributed by atoms with E-state index in [0.717, 1.165) is 23.0 Å². The van der Waals surface area contributed by atoms with Crippen LogP contribution in [0.3, 0.4) is 0 Å². The first-order chi connectivity index (χ1) is 12.6. The topological polar surface area (TPSA) is 66.4 Å². The average molecular weight is 393 g/mol. The van der Waals surface area contributed by atoms with Gasteiger partial charge in [0.15, 0.2) is 0 Å². The van der Waals surface area contributed by atoms with Gasteiger partial charge in [0.2, 0.25) is 15.2 Å². The molecule has 2 fully saturated rings. The number of hydrogen-bond donors (Lipinski definition) is 0. The molecule has 2 aliphatic rings. The second kappa shape index (κ2) is 7.25. The standard InChI is InChI=1S/C18H24N4O2S2/c1-2-3-14-4-8-16(9-5-14)26(23,24)22-12-10-21(11-13-22)18-20-19-17(25-18)15-6-7-15/h4-5,8-9,15H,2-3,6-7,10-13H2,1H3. The lowest BCUT2D eigenvalue weighted by Crippen LogP contribution is -2.48. The quantitative estimate of drug-likeness (QED) is 0.756. The summed E-state index contributed by atoms with van der Waals surface area (Å²) in [6.07, 6.45) is 4.47. The van der Waals surface area contributed by atoms with Gasteiger partial charge < -0.3 is 4.90 Å². The highest BCUT2D eigenvalue weighted by atomic mass is 32.2. The zero-order valence-corrected chi connectivity index (χ0v) is 16.6. The van der Waals surface area contributed by atoms with E-state index in [-0.39, 0.29) is 0 Å². The fourth-order valence-electron chi connectivity index (χ4n) is 3.24. The van der Waals surface area contributed by atoms with Crippen molar-refractivity contribution in [2.24, 2.45) is 0 Å². The zero-order valence-electron chi connectivity index (χ0n) is 15.0. The summed E-state index contributed by atoms with van der Waals surface area (Å²) in [5.41, 5.74) is 1.18. The lowest BCUT2D eigenvalue weighted by atomic mass is 10.1. The number of aryl methyl sites for hydroxylation is 1. The molecule has 1 saturated heterocycles. The van der Waals surface area contributed by atoms with Gasteiger partial charge in [0.05, 0.1) is 4.90 Å². The Kier molecular flexibility index (Phi) is 4.98. The molecule has 0 radical (unpaired) electrons. The summed E-state index contributed by atoms with van der Waals surface area (Å²) in [6, 6.07) is 7.32. The molecule has 26 heavy (non-hydrogen) atoms. The molecule has 2 heterocycles. The first-order valence-corrected chi connectivity index (χ1v) is 11.5. The van der Waals surface area contributed by atoms with Gasteiger partial charge in [0.25, 0.3) is 0 Å². The Hall–Kier alpha value is -1.51. The molecule has 0 atom stereocenters. The van der Waals surface area contributed by atoms with Crippen molar-refractivity contribution in [1.29, 1.82) is 0 Å². The van der Waals surface area contributed by atoms with Crippen LogP contribution in [-0.2, 0) is 16.4 Å². The summed E-state index contributed by atoms with van der Waals surface area (Å²) < 4.78 is 27.4. The van der Waals surface area contributed by atoms with Crippen LogP contribution in [0.25, 0.3) is 0 Å². The Bertz CT molecular complexity index is 852. The average Bonchev–Trinajstić information content (AvgIpc) is 3.39. The van der Waals surface area contributed by atoms with Crippen LogP contribution in [0, 0.1) is 0 Å². The Morgan fingerprint density at radius 2 is 1.77 bits per heavy atom. The fraction of sp³-hybridized carbons (Fsp3) is 0.556. The van der Waals surface area contributed by atoms with Gasteiger partial charge in [-0.3, -0.25) is 0 Å². The van der Waals surface area contributed by atoms with Gasteiger partial charge in [0, 0.05) is 32.1 Å². The van der Waals surface area contributed by atoms with Crippen molar-refractivity contribution in [2.45, 2.75) is 43.4 Å². The van der Waals surface area contributed by atoms with Gasteiger partial charge in [-0.25, -0.2) is 8.42 Å². The van der Waals surface area contributed by atoms with Gasteiger partial charge in [-0.1, -0.05) is 36.8 Å². The molecule has 140 valence electrons. The SMILES string of the molecule is CCCc1ccc(S(=O)(=O)N2CCN(c3nnc(C4CC4)s3)CC2)cc1. The maximum absolute atomic E-state index is 12.9. The Balaban J connectivity index is 1.41. The molecule has 4 rings (SSSR count). The van der Waals surface area contributed by atoms with Crippen molar-refractivity contribution in [2.75, 3.05) is 31.1 Å². The molecule has 1 aromatic carbocycles. The number of nitrogens with zero attached hydrogens (tertiary/aromatic N) is 4. The monoisotopic (exact) mass is 392 g/mol. The molecular weight excluding hydrogens is 368 g/mol. The van der Waals surface area contributed by atoms with E-state index >= 15 is 0 Å². The number of aromatic nitrogens is 2. The molecule has 8 heteroatoms. The first-order valence-electron chi connectivity index (χ1n) is 9.25. The van der Waals surface area contributed by atoms with Crippen molar-refractivity contribution in [3.63, 3.8) is 0 Å². The van der Waals surface area contributed by atoms with Crippen LogP contribution in [0.1, 0.15) is 42.7 Å². The molecule has 6 nitrogen and oxygen atoms in total. The highest BCUT2D eigenvalue weighted by molar-refractivity contribution is 7.89. The Morgan fingerprint density at radius 3 is 2.38 bits per heavy atom. The van der Waals surface area contributed by atoms with Crippen molar-refractivity contribution in [3.8, 4) is 0 Å². The third-order valence-corrected chi connectivity index (χ3v) is 8.02. The van der Waals surface area contributed by atoms with E-state index in [2.05, 4.69) is 22.0 Å². The van der Waals surface area contributed by atoms with Crippen molar-refractivity contribution < 1.29 is 8.42 Å². The van der Waals surface area contributed by atoms with E-state index < -0.39 is 10.0 Å². The summed E-state index contributed by atoms with van der Waals surface area (Å²) in [5.74, 6) is 0.610. The van der Waals surface area contributed by atoms with E-state index in [1.165, 1.54) is 18.4 Å². The van der Waals surface area contributed by atoms with Crippen LogP contribution >= 0.6 is 11.3 Å². The van der Waals surface area contributed by atoms with Crippen LogP contribution in [-0.4, -0.2) is 49.1 Å². The Labute approximate surface area is 158 Å². The van der Waals surface area contributed by atoms with Crippen LogP contribution in [0.2, 0.25) is 0 Å². The Morgan fingerprint density at radius 1 is 1.08 bits per heavy atom. The molecule has 0 N–H and O–H groups in total. The number of hydrogen-bond acceptors (Lipinski definition) is 6. The van der Waals surface area contributed by atoms with Gasteiger partial charge >= 0.3 is 0 Å². The van der Waals surface area contributed by atoms with Gasteiger partial charge in [0.1, 0.15) is 5.01 Å². The third-order valence-electron chi connectivity index (χ3n) is 4.97. The zero-order chi connectivity index (χ0) is 18.1. The van der Waals surface area contributed by atoms with Crippen LogP contribution < -0.4 is 4.90 Å². The van der Waals surface area contributed by atoms with Crippen LogP contribution in [0.5, 0.6) is 0 Å². The smallest absolute Gasteiger partial charge is 0.243 e. The highest BCUT2D eigenvalue weighted by Gasteiger charge is 2.31. The molecule has 0 unspecified atom stereocenters. The van der Waals surface area contributed by atoms with E-state index in [4.69, 9.17) is 0 Å². The number of benzene rings is 1. The lowest BCUT2D eigenvalue weighted by Gasteiger charge is -2.33. The number of anilines is 1. The van der Waals surface area contributed by atoms with Crippen LogP contribution in [0.4, 0.5) is 5.13 Å². The highest BCUT2D eigenvalue weighted by Crippen LogP contribution is 2.42. The molecule has 1 aliphatic heterocycles. The second-order valence-corrected chi connectivity index (χ2v) is 9.91. The van der Waals surface area contributed by atoms with Gasteiger partial charge in [-0.15, -0.1) is 10.2 Å². The molecule has 1 saturated carbocycles. The van der Waals surface area contributed by atoms with Gasteiger partial charge in [-0.05, 0) is 37.0 Å². The minimum absolute atomic E-state index is 0.387. The third kappa shape index (κ3) is 3.63. The summed E-state index contributed by atoms with van der Waals surface area (Å²) in [7, 11) is -3.42. The van der Waals surface area contributed by atoms with Crippen molar-refractivity contribution in [1.82, 2.24) is 14.5 Å². The largest absolute Gasteiger partial charge is 0.344 e. The number of piperazine rings is 1. The lowest BCUT2D eigenvalue weighted by molar-refractivity contribution is 0.384. The predicted octanol–water partition coefficient (Wildman–Crippen LogP) is 2.88. The summed E-state index contributed by atoms with van der Waals surface area (Å²) in [4.78, 5) is 2.54. The predicted molar refractivity (Wildman–Crippen MR) is 103 cm³/mol. The maximum atomic E-state index is 12.9. The molecule has 1 aromatic heterocycles. The number of sulfonamides is 1. The van der Waals surface area contributed by atoms with Crippen molar-refractivity contribution in [3.05, 3.63) is 34.8 Å². The molecule has 1 aliphatic carbocycles. The van der Waals surface area contributed by atoms with Crippen LogP contribution in [0.15, 0.2) is 29.2 Å². The molecule has 0 spiro atoms. The maximum Gasteiger partial charge on any atom is 0.243 e. The summed E-state index contributed by atoms with van der Waals surface area (Å²) >= 11 is 1.66. The molecule has 0 amide bonds. The minimum atomic E-state index is -3.42. The fourth-order valence-corrected chi connectivity index (χ4v) is 5.72. The minimum Gasteiger partial charge on any atom is -0.344 e. The summed E-state index contributed by atoms with van der Waals surface area (Å²) in [6.45, 7) is 4.41. The second-order valence-electron chi connectivity index (χ2n) is 6.98. The van der Waals surface area contributed by atoms with E-state index in [1.807, 2.05) is 12.1 Å². The number of rotatable bonds is 6. The summed E-state index contributed by atoms with van der Waals surface area (Å²) in [5, 5.41) is 10.6. The molecule has 2 aromatic rings. The first kappa shape index (κ1) is 17.9. The molecule has 0 bridgehead atoms. The molecular formula is C18H24N4O2S2. The van der Waals surface area contributed by atoms with Crippen molar-refractivity contribution >= 4 is 26.5 Å². The van der Waals surface area contributed by atoms with E-state index in [9.17, 15) is 8.42 Å². The van der Waals surface area contributed by atoms with Gasteiger partial charge in [-0.2, -0.15) is 4.31 Å². The van der Waals surface area contributed by atoms with E-state index in [1.54, 1.807) is 27.8 Å². The van der Waals surface area contributed by atoms with E-state index in [0.29, 0.717) is 37.0 Å². The normalized spacial score (nSPS) is 19.0.